The lowest BCUT2D eigenvalue weighted by atomic mass is 10.1. The number of thiazole rings is 1. The van der Waals surface area contributed by atoms with Gasteiger partial charge in [-0.15, -0.1) is 5.10 Å². The first-order valence-corrected chi connectivity index (χ1v) is 10.7. The number of benzene rings is 2. The fourth-order valence-corrected chi connectivity index (χ4v) is 5.00. The summed E-state index contributed by atoms with van der Waals surface area (Å²) in [6.45, 7) is 2.69. The van der Waals surface area contributed by atoms with Crippen LogP contribution in [0.3, 0.4) is 0 Å². The topological polar surface area (TPSA) is 86.0 Å². The van der Waals surface area contributed by atoms with E-state index in [1.54, 1.807) is 4.90 Å². The number of hydrogen-bond donors (Lipinski definition) is 0. The molecular formula is C22H16N4O4S. The molecule has 4 heterocycles. The van der Waals surface area contributed by atoms with E-state index in [-0.39, 0.29) is 18.1 Å². The summed E-state index contributed by atoms with van der Waals surface area (Å²) in [5.74, 6) is 1.49. The van der Waals surface area contributed by atoms with Crippen molar-refractivity contribution in [3.05, 3.63) is 74.8 Å². The number of carbonyl (C=O) groups is 1. The molecule has 0 saturated carbocycles. The summed E-state index contributed by atoms with van der Waals surface area (Å²) >= 11 is 1.17. The maximum absolute atomic E-state index is 13.2. The van der Waals surface area contributed by atoms with Gasteiger partial charge in [0, 0.05) is 12.1 Å². The van der Waals surface area contributed by atoms with Gasteiger partial charge in [-0.2, -0.15) is 9.50 Å². The second-order valence-corrected chi connectivity index (χ2v) is 8.18. The molecule has 0 N–H and O–H groups in total. The predicted octanol–water partition coefficient (Wildman–Crippen LogP) is 1.95. The lowest BCUT2D eigenvalue weighted by Crippen LogP contribution is -2.32. The van der Waals surface area contributed by atoms with Gasteiger partial charge in [0.15, 0.2) is 23.4 Å². The van der Waals surface area contributed by atoms with E-state index in [0.29, 0.717) is 38.9 Å². The van der Waals surface area contributed by atoms with Crippen molar-refractivity contribution < 1.29 is 14.3 Å². The van der Waals surface area contributed by atoms with E-state index in [1.165, 1.54) is 15.9 Å². The van der Waals surface area contributed by atoms with Crippen molar-refractivity contribution in [2.24, 2.45) is 0 Å². The second-order valence-electron chi connectivity index (χ2n) is 7.21. The molecule has 31 heavy (non-hydrogen) atoms. The van der Waals surface area contributed by atoms with Crippen LogP contribution in [0, 0.1) is 0 Å². The molecule has 1 amide bonds. The van der Waals surface area contributed by atoms with Crippen molar-refractivity contribution in [3.63, 3.8) is 0 Å². The highest BCUT2D eigenvalue weighted by molar-refractivity contribution is 7.15. The van der Waals surface area contributed by atoms with Crippen molar-refractivity contribution >= 4 is 33.5 Å². The smallest absolute Gasteiger partial charge is 0.291 e. The first kappa shape index (κ1) is 18.1. The van der Waals surface area contributed by atoms with Crippen LogP contribution in [0.25, 0.3) is 10.5 Å². The number of amides is 1. The maximum atomic E-state index is 13.2. The molecule has 2 aliphatic rings. The molecule has 6 rings (SSSR count). The standard InChI is InChI=1S/C22H16N4O4S/c1-2-25-13-8-4-3-7-12(13)17(20(25)27)18-21(28)26-22(31-18)23-19(24-26)16-11-29-14-9-5-6-10-15(14)30-16/h3-10,16H,2,11H2,1H3/b18-17-/t16-/m1/s1. The highest BCUT2D eigenvalue weighted by Gasteiger charge is 2.34. The molecule has 2 aromatic carbocycles. The lowest BCUT2D eigenvalue weighted by Gasteiger charge is -2.24. The number of likely N-dealkylation sites (N-methyl/N-ethyl adjacent to an activating group) is 1. The van der Waals surface area contributed by atoms with Crippen molar-refractivity contribution in [2.45, 2.75) is 13.0 Å². The van der Waals surface area contributed by atoms with Crippen LogP contribution in [0.2, 0.25) is 0 Å². The molecule has 0 spiro atoms. The van der Waals surface area contributed by atoms with Gasteiger partial charge in [-0.1, -0.05) is 41.7 Å². The van der Waals surface area contributed by atoms with E-state index in [9.17, 15) is 9.59 Å². The van der Waals surface area contributed by atoms with Crippen LogP contribution in [0.15, 0.2) is 53.3 Å². The monoisotopic (exact) mass is 432 g/mol. The Hall–Kier alpha value is -3.72. The molecule has 0 fully saturated rings. The number of anilines is 1. The van der Waals surface area contributed by atoms with Gasteiger partial charge < -0.3 is 14.4 Å². The summed E-state index contributed by atoms with van der Waals surface area (Å²) in [5.41, 5.74) is 1.63. The third kappa shape index (κ3) is 2.59. The van der Waals surface area contributed by atoms with Crippen molar-refractivity contribution in [1.82, 2.24) is 14.6 Å². The zero-order chi connectivity index (χ0) is 21.1. The fourth-order valence-electron chi connectivity index (χ4n) is 4.00. The van der Waals surface area contributed by atoms with Crippen molar-refractivity contribution in [3.8, 4) is 11.5 Å². The number of para-hydroxylation sites is 3. The minimum Gasteiger partial charge on any atom is -0.485 e. The van der Waals surface area contributed by atoms with Crippen LogP contribution in [-0.2, 0) is 4.79 Å². The van der Waals surface area contributed by atoms with Crippen LogP contribution >= 0.6 is 11.3 Å². The fraction of sp³-hybridized carbons (Fsp3) is 0.182. The van der Waals surface area contributed by atoms with Gasteiger partial charge in [-0.3, -0.25) is 9.59 Å². The predicted molar refractivity (Wildman–Crippen MR) is 115 cm³/mol. The van der Waals surface area contributed by atoms with E-state index in [4.69, 9.17) is 9.47 Å². The van der Waals surface area contributed by atoms with E-state index < -0.39 is 6.10 Å². The van der Waals surface area contributed by atoms with Gasteiger partial charge in [0.05, 0.1) is 11.3 Å². The molecule has 0 aliphatic carbocycles. The largest absolute Gasteiger partial charge is 0.485 e. The van der Waals surface area contributed by atoms with E-state index >= 15 is 0 Å². The molecule has 154 valence electrons. The third-order valence-corrected chi connectivity index (χ3v) is 6.47. The Labute approximate surface area is 180 Å². The zero-order valence-electron chi connectivity index (χ0n) is 16.4. The van der Waals surface area contributed by atoms with E-state index in [2.05, 4.69) is 10.1 Å². The molecule has 2 aliphatic heterocycles. The summed E-state index contributed by atoms with van der Waals surface area (Å²) in [4.78, 5) is 32.8. The lowest BCUT2D eigenvalue weighted by molar-refractivity contribution is -0.113. The van der Waals surface area contributed by atoms with Crippen LogP contribution in [0.1, 0.15) is 24.4 Å². The molecule has 0 bridgehead atoms. The maximum Gasteiger partial charge on any atom is 0.291 e. The summed E-state index contributed by atoms with van der Waals surface area (Å²) in [6, 6.07) is 14.9. The molecular weight excluding hydrogens is 416 g/mol. The molecule has 2 aromatic heterocycles. The number of fused-ring (bicyclic) bond motifs is 3. The Morgan fingerprint density at radius 2 is 1.87 bits per heavy atom. The van der Waals surface area contributed by atoms with Gasteiger partial charge in [-0.05, 0) is 25.1 Å². The van der Waals surface area contributed by atoms with Gasteiger partial charge in [-0.25, -0.2) is 0 Å². The summed E-state index contributed by atoms with van der Waals surface area (Å²) in [6.07, 6.45) is -0.512. The molecule has 0 unspecified atom stereocenters. The Morgan fingerprint density at radius 3 is 2.68 bits per heavy atom. The van der Waals surface area contributed by atoms with Gasteiger partial charge in [0.1, 0.15) is 11.1 Å². The van der Waals surface area contributed by atoms with Crippen molar-refractivity contribution in [1.29, 1.82) is 0 Å². The van der Waals surface area contributed by atoms with Gasteiger partial charge in [0.2, 0.25) is 4.96 Å². The summed E-state index contributed by atoms with van der Waals surface area (Å²) in [5, 5.41) is 4.38. The first-order valence-electron chi connectivity index (χ1n) is 9.89. The quantitative estimate of drug-likeness (QED) is 0.481. The minimum atomic E-state index is -0.512. The van der Waals surface area contributed by atoms with Gasteiger partial charge >= 0.3 is 0 Å². The molecule has 4 aromatic rings. The number of ether oxygens (including phenoxy) is 2. The highest BCUT2D eigenvalue weighted by Crippen LogP contribution is 2.36. The Morgan fingerprint density at radius 1 is 1.10 bits per heavy atom. The van der Waals surface area contributed by atoms with Crippen LogP contribution in [0.5, 0.6) is 11.5 Å². The number of aromatic nitrogens is 3. The van der Waals surface area contributed by atoms with Crippen LogP contribution in [0.4, 0.5) is 5.69 Å². The van der Waals surface area contributed by atoms with E-state index in [1.807, 2.05) is 55.5 Å². The molecule has 8 nitrogen and oxygen atoms in total. The van der Waals surface area contributed by atoms with Crippen LogP contribution in [-0.4, -0.2) is 33.7 Å². The van der Waals surface area contributed by atoms with Gasteiger partial charge in [0.25, 0.3) is 11.5 Å². The molecule has 9 heteroatoms. The zero-order valence-corrected chi connectivity index (χ0v) is 17.3. The molecule has 0 saturated heterocycles. The first-order chi connectivity index (χ1) is 15.2. The highest BCUT2D eigenvalue weighted by atomic mass is 32.1. The number of carbonyl (C=O) groups excluding carboxylic acids is 1. The third-order valence-electron chi connectivity index (χ3n) is 5.44. The Kier molecular flexibility index (Phi) is 3.87. The Balaban J connectivity index is 1.46. The summed E-state index contributed by atoms with van der Waals surface area (Å²) in [7, 11) is 0. The van der Waals surface area contributed by atoms with Crippen molar-refractivity contribution in [2.75, 3.05) is 18.1 Å². The number of hydrogen-bond acceptors (Lipinski definition) is 7. The second kappa shape index (κ2) is 6.64. The molecule has 1 atom stereocenters. The Bertz CT molecular complexity index is 1470. The number of nitrogens with zero attached hydrogens (tertiary/aromatic N) is 4. The minimum absolute atomic E-state index is 0.175. The molecule has 0 radical (unpaired) electrons. The summed E-state index contributed by atoms with van der Waals surface area (Å²) < 4.78 is 13.3. The van der Waals surface area contributed by atoms with Crippen LogP contribution < -0.4 is 24.5 Å². The average Bonchev–Trinajstić information content (AvgIpc) is 3.43. The average molecular weight is 432 g/mol. The number of rotatable bonds is 2. The van der Waals surface area contributed by atoms with E-state index in [0.717, 1.165) is 11.3 Å². The normalized spacial score (nSPS) is 19.2. The SMILES string of the molecule is CCN1C(=O)/C(=c2\sc3nc([C@H]4COc5ccccc5O4)nn3c2=O)c2ccccc21.